The van der Waals surface area contributed by atoms with Crippen LogP contribution < -0.4 is 0 Å². The number of fused-ring (bicyclic) bond motifs is 1. The molecule has 2 aromatic heterocycles. The van der Waals surface area contributed by atoms with Crippen LogP contribution in [0.2, 0.25) is 5.02 Å². The molecule has 1 aliphatic heterocycles. The van der Waals surface area contributed by atoms with Crippen LogP contribution in [-0.2, 0) is 29.7 Å². The molecule has 0 radical (unpaired) electrons. The second kappa shape index (κ2) is 11.3. The summed E-state index contributed by atoms with van der Waals surface area (Å²) in [5.74, 6) is -1.36. The highest BCUT2D eigenvalue weighted by Gasteiger charge is 2.55. The molecule has 2 unspecified atom stereocenters. The van der Waals surface area contributed by atoms with Gasteiger partial charge in [-0.2, -0.15) is 5.26 Å². The van der Waals surface area contributed by atoms with Crippen LogP contribution in [0.15, 0.2) is 67.3 Å². The molecule has 3 atom stereocenters. The van der Waals surface area contributed by atoms with Crippen molar-refractivity contribution >= 4 is 17.5 Å². The van der Waals surface area contributed by atoms with Crippen LogP contribution in [0, 0.1) is 17.1 Å². The normalized spacial score (nSPS) is 18.4. The summed E-state index contributed by atoms with van der Waals surface area (Å²) in [4.78, 5) is 24.3. The Balaban J connectivity index is 1.75. The van der Waals surface area contributed by atoms with Crippen molar-refractivity contribution in [3.05, 3.63) is 117 Å². The van der Waals surface area contributed by atoms with E-state index in [-0.39, 0.29) is 36.3 Å². The first-order chi connectivity index (χ1) is 20.0. The number of benzene rings is 2. The molecule has 1 amide bonds. The standard InChI is InChI=1S/C31H29ClFN5O4/c1-4-30(41,27-16-37(3)18-36-27)22-11-25-28(26(33)12-22)31(42-17-19(2)39,21-6-8-23(32)9-7-21)38(29(25)40)15-24-10-5-20(13-34)14-35-24/h5-12,14,16,18-19,39,41H,4,15,17H2,1-3H3/t19?,30?,31-/m1/s1. The lowest BCUT2D eigenvalue weighted by molar-refractivity contribution is -0.132. The van der Waals surface area contributed by atoms with Crippen molar-refractivity contribution in [2.45, 2.75) is 44.2 Å². The number of imidazole rings is 1. The summed E-state index contributed by atoms with van der Waals surface area (Å²) in [6.45, 7) is 2.91. The van der Waals surface area contributed by atoms with Gasteiger partial charge in [-0.15, -0.1) is 0 Å². The molecule has 216 valence electrons. The Labute approximate surface area is 247 Å². The first kappa shape index (κ1) is 29.4. The van der Waals surface area contributed by atoms with Gasteiger partial charge in [-0.25, -0.2) is 9.37 Å². The third-order valence-corrected chi connectivity index (χ3v) is 7.70. The number of rotatable bonds is 9. The lowest BCUT2D eigenvalue weighted by Crippen LogP contribution is -2.48. The molecule has 0 bridgehead atoms. The number of nitriles is 1. The smallest absolute Gasteiger partial charge is 0.257 e. The van der Waals surface area contributed by atoms with E-state index in [1.165, 1.54) is 36.5 Å². The Hall–Kier alpha value is -4.14. The van der Waals surface area contributed by atoms with E-state index in [0.29, 0.717) is 27.5 Å². The lowest BCUT2D eigenvalue weighted by Gasteiger charge is -2.40. The van der Waals surface area contributed by atoms with Gasteiger partial charge in [0.1, 0.15) is 17.5 Å². The summed E-state index contributed by atoms with van der Waals surface area (Å²) in [5.41, 5.74) is -1.94. The number of nitrogens with zero attached hydrogens (tertiary/aromatic N) is 5. The maximum absolute atomic E-state index is 16.6. The molecular weight excluding hydrogens is 561 g/mol. The zero-order valence-electron chi connectivity index (χ0n) is 23.3. The van der Waals surface area contributed by atoms with Gasteiger partial charge in [0, 0.05) is 30.0 Å². The van der Waals surface area contributed by atoms with Gasteiger partial charge in [-0.05, 0) is 55.3 Å². The highest BCUT2D eigenvalue weighted by Crippen LogP contribution is 2.49. The van der Waals surface area contributed by atoms with Crippen molar-refractivity contribution in [2.75, 3.05) is 6.61 Å². The van der Waals surface area contributed by atoms with Gasteiger partial charge in [0.15, 0.2) is 5.72 Å². The van der Waals surface area contributed by atoms with E-state index < -0.39 is 29.2 Å². The summed E-state index contributed by atoms with van der Waals surface area (Å²) in [6.07, 6.45) is 3.78. The fourth-order valence-corrected chi connectivity index (χ4v) is 5.45. The minimum Gasteiger partial charge on any atom is -0.391 e. The second-order valence-corrected chi connectivity index (χ2v) is 10.8. The van der Waals surface area contributed by atoms with Crippen LogP contribution in [0.1, 0.15) is 64.3 Å². The Morgan fingerprint density at radius 3 is 2.52 bits per heavy atom. The number of pyridine rings is 1. The van der Waals surface area contributed by atoms with E-state index in [4.69, 9.17) is 16.3 Å². The van der Waals surface area contributed by atoms with Gasteiger partial charge in [-0.3, -0.25) is 14.7 Å². The molecule has 3 heterocycles. The fraction of sp³-hybridized carbons (Fsp3) is 0.290. The average molecular weight is 590 g/mol. The number of carbonyl (C=O) groups excluding carboxylic acids is 1. The SMILES string of the molecule is CCC(O)(c1cc(F)c2c(c1)C(=O)N(Cc1ccc(C#N)cn1)[C@@]2(OCC(C)O)c1ccc(Cl)cc1)c1cn(C)cn1. The van der Waals surface area contributed by atoms with Crippen LogP contribution >= 0.6 is 11.6 Å². The molecule has 5 rings (SSSR count). The zero-order chi connectivity index (χ0) is 30.2. The molecule has 0 aliphatic carbocycles. The summed E-state index contributed by atoms with van der Waals surface area (Å²) >= 11 is 6.19. The molecule has 11 heteroatoms. The van der Waals surface area contributed by atoms with Crippen LogP contribution in [0.4, 0.5) is 4.39 Å². The van der Waals surface area contributed by atoms with Gasteiger partial charge in [-0.1, -0.05) is 30.7 Å². The van der Waals surface area contributed by atoms with Crippen molar-refractivity contribution in [3.63, 3.8) is 0 Å². The first-order valence-corrected chi connectivity index (χ1v) is 13.7. The molecule has 2 N–H and O–H groups in total. The number of aliphatic hydroxyl groups is 2. The number of halogens is 2. The molecule has 42 heavy (non-hydrogen) atoms. The van der Waals surface area contributed by atoms with Crippen molar-refractivity contribution in [1.29, 1.82) is 5.26 Å². The molecule has 0 spiro atoms. The van der Waals surface area contributed by atoms with Gasteiger partial charge >= 0.3 is 0 Å². The van der Waals surface area contributed by atoms with E-state index in [9.17, 15) is 20.3 Å². The fourth-order valence-electron chi connectivity index (χ4n) is 5.32. The van der Waals surface area contributed by atoms with Crippen molar-refractivity contribution < 1.29 is 24.1 Å². The summed E-state index contributed by atoms with van der Waals surface area (Å²) < 4.78 is 24.6. The Bertz CT molecular complexity index is 1670. The number of hydrogen-bond donors (Lipinski definition) is 2. The largest absolute Gasteiger partial charge is 0.391 e. The minimum absolute atomic E-state index is 0.0120. The van der Waals surface area contributed by atoms with Crippen LogP contribution in [0.5, 0.6) is 0 Å². The Morgan fingerprint density at radius 2 is 1.95 bits per heavy atom. The van der Waals surface area contributed by atoms with Crippen molar-refractivity contribution in [1.82, 2.24) is 19.4 Å². The lowest BCUT2D eigenvalue weighted by atomic mass is 9.84. The number of hydrogen-bond acceptors (Lipinski definition) is 7. The Morgan fingerprint density at radius 1 is 1.21 bits per heavy atom. The number of aromatic nitrogens is 3. The van der Waals surface area contributed by atoms with E-state index in [1.807, 2.05) is 6.07 Å². The average Bonchev–Trinajstić information content (AvgIpc) is 3.52. The quantitative estimate of drug-likeness (QED) is 0.297. The van der Waals surface area contributed by atoms with E-state index >= 15 is 4.39 Å². The molecule has 4 aromatic rings. The molecular formula is C31H29ClFN5O4. The van der Waals surface area contributed by atoms with Gasteiger partial charge in [0.05, 0.1) is 53.7 Å². The maximum Gasteiger partial charge on any atom is 0.257 e. The number of aryl methyl sites for hydroxylation is 1. The topological polar surface area (TPSA) is 125 Å². The first-order valence-electron chi connectivity index (χ1n) is 13.3. The molecule has 2 aromatic carbocycles. The molecule has 1 aliphatic rings. The minimum atomic E-state index is -1.82. The predicted molar refractivity (Wildman–Crippen MR) is 152 cm³/mol. The summed E-state index contributed by atoms with van der Waals surface area (Å²) in [6, 6.07) is 14.3. The van der Waals surface area contributed by atoms with E-state index in [1.54, 1.807) is 61.1 Å². The highest BCUT2D eigenvalue weighted by atomic mass is 35.5. The summed E-state index contributed by atoms with van der Waals surface area (Å²) in [7, 11) is 1.76. The summed E-state index contributed by atoms with van der Waals surface area (Å²) in [5, 5.41) is 31.6. The third-order valence-electron chi connectivity index (χ3n) is 7.45. The number of aliphatic hydroxyl groups excluding tert-OH is 1. The van der Waals surface area contributed by atoms with E-state index in [2.05, 4.69) is 9.97 Å². The monoisotopic (exact) mass is 589 g/mol. The maximum atomic E-state index is 16.6. The number of amides is 1. The van der Waals surface area contributed by atoms with Crippen molar-refractivity contribution in [2.24, 2.45) is 7.05 Å². The number of carbonyl (C=O) groups is 1. The van der Waals surface area contributed by atoms with Crippen LogP contribution in [0.25, 0.3) is 0 Å². The number of ether oxygens (including phenoxy) is 1. The predicted octanol–water partition coefficient (Wildman–Crippen LogP) is 4.38. The molecule has 0 saturated carbocycles. The zero-order valence-corrected chi connectivity index (χ0v) is 24.0. The van der Waals surface area contributed by atoms with Gasteiger partial charge in [0.2, 0.25) is 0 Å². The van der Waals surface area contributed by atoms with Crippen LogP contribution in [0.3, 0.4) is 0 Å². The van der Waals surface area contributed by atoms with Crippen molar-refractivity contribution in [3.8, 4) is 6.07 Å². The highest BCUT2D eigenvalue weighted by molar-refractivity contribution is 6.30. The van der Waals surface area contributed by atoms with Gasteiger partial charge in [0.25, 0.3) is 5.91 Å². The van der Waals surface area contributed by atoms with Gasteiger partial charge < -0.3 is 19.5 Å². The molecule has 0 saturated heterocycles. The van der Waals surface area contributed by atoms with E-state index in [0.717, 1.165) is 0 Å². The molecule has 9 nitrogen and oxygen atoms in total. The third kappa shape index (κ3) is 4.95. The molecule has 0 fully saturated rings. The Kier molecular flexibility index (Phi) is 7.88. The second-order valence-electron chi connectivity index (χ2n) is 10.4. The van der Waals surface area contributed by atoms with Crippen LogP contribution in [-0.4, -0.2) is 48.3 Å².